The Morgan fingerprint density at radius 3 is 2.79 bits per heavy atom. The minimum absolute atomic E-state index is 0.612. The molecular formula is C11H17N3. The third kappa shape index (κ3) is 1.86. The van der Waals surface area contributed by atoms with Crippen LogP contribution in [0.4, 0.5) is 5.82 Å². The summed E-state index contributed by atoms with van der Waals surface area (Å²) >= 11 is 0. The number of hydrogen-bond acceptors (Lipinski definition) is 3. The van der Waals surface area contributed by atoms with Gasteiger partial charge in [0.25, 0.3) is 0 Å². The van der Waals surface area contributed by atoms with Gasteiger partial charge in [0.05, 0.1) is 18.1 Å². The number of rotatable bonds is 1. The zero-order valence-corrected chi connectivity index (χ0v) is 8.90. The van der Waals surface area contributed by atoms with Crippen molar-refractivity contribution >= 4 is 5.82 Å². The maximum atomic E-state index is 4.42. The Hall–Kier alpha value is -1.12. The molecule has 2 rings (SSSR count). The summed E-state index contributed by atoms with van der Waals surface area (Å²) in [7, 11) is 0. The van der Waals surface area contributed by atoms with Crippen molar-refractivity contribution in [1.82, 2.24) is 9.97 Å². The van der Waals surface area contributed by atoms with Gasteiger partial charge in [0, 0.05) is 12.6 Å². The Kier molecular flexibility index (Phi) is 2.66. The molecule has 0 aromatic carbocycles. The highest BCUT2D eigenvalue weighted by molar-refractivity contribution is 5.37. The van der Waals surface area contributed by atoms with Crippen molar-refractivity contribution in [3.8, 4) is 0 Å². The minimum Gasteiger partial charge on any atom is -0.353 e. The first-order valence-electron chi connectivity index (χ1n) is 5.32. The van der Waals surface area contributed by atoms with Crippen LogP contribution in [0.1, 0.15) is 31.9 Å². The fourth-order valence-corrected chi connectivity index (χ4v) is 1.97. The molecule has 1 aromatic heterocycles. The van der Waals surface area contributed by atoms with Crippen LogP contribution in [-0.4, -0.2) is 22.6 Å². The molecule has 2 heterocycles. The van der Waals surface area contributed by atoms with Crippen molar-refractivity contribution in [3.05, 3.63) is 18.1 Å². The molecule has 1 atom stereocenters. The lowest BCUT2D eigenvalue weighted by Crippen LogP contribution is -2.38. The Labute approximate surface area is 85.2 Å². The van der Waals surface area contributed by atoms with Gasteiger partial charge in [0.15, 0.2) is 0 Å². The lowest BCUT2D eigenvalue weighted by molar-refractivity contribution is 0.480. The van der Waals surface area contributed by atoms with E-state index in [1.54, 1.807) is 0 Å². The quantitative estimate of drug-likeness (QED) is 0.681. The van der Waals surface area contributed by atoms with E-state index < -0.39 is 0 Å². The number of hydrogen-bond donors (Lipinski definition) is 0. The van der Waals surface area contributed by atoms with E-state index in [-0.39, 0.29) is 0 Å². The summed E-state index contributed by atoms with van der Waals surface area (Å²) in [5.74, 6) is 1.03. The summed E-state index contributed by atoms with van der Waals surface area (Å²) in [5.41, 5.74) is 0.985. The van der Waals surface area contributed by atoms with Crippen molar-refractivity contribution in [1.29, 1.82) is 0 Å². The average Bonchev–Trinajstić information content (AvgIpc) is 2.20. The number of aromatic nitrogens is 2. The van der Waals surface area contributed by atoms with Crippen LogP contribution in [0.25, 0.3) is 0 Å². The maximum absolute atomic E-state index is 4.42. The highest BCUT2D eigenvalue weighted by atomic mass is 15.2. The molecule has 1 aliphatic heterocycles. The van der Waals surface area contributed by atoms with Crippen molar-refractivity contribution in [2.75, 3.05) is 11.4 Å². The van der Waals surface area contributed by atoms with Gasteiger partial charge in [-0.1, -0.05) is 0 Å². The normalized spacial score (nSPS) is 22.4. The van der Waals surface area contributed by atoms with Crippen LogP contribution < -0.4 is 4.90 Å². The summed E-state index contributed by atoms with van der Waals surface area (Å²) < 4.78 is 0. The molecule has 76 valence electrons. The maximum Gasteiger partial charge on any atom is 0.147 e. The van der Waals surface area contributed by atoms with Crippen LogP contribution in [0, 0.1) is 6.92 Å². The standard InChI is InChI=1S/C11H17N3/c1-9-7-13-11(8-12-9)14-6-4-3-5-10(14)2/h7-8,10H,3-6H2,1-2H3. The Bertz CT molecular complexity index is 294. The fraction of sp³-hybridized carbons (Fsp3) is 0.636. The smallest absolute Gasteiger partial charge is 0.147 e. The first-order valence-corrected chi connectivity index (χ1v) is 5.32. The van der Waals surface area contributed by atoms with Gasteiger partial charge in [0.2, 0.25) is 0 Å². The first kappa shape index (κ1) is 9.44. The van der Waals surface area contributed by atoms with Gasteiger partial charge in [-0.3, -0.25) is 4.98 Å². The van der Waals surface area contributed by atoms with E-state index >= 15 is 0 Å². The molecule has 14 heavy (non-hydrogen) atoms. The summed E-state index contributed by atoms with van der Waals surface area (Å²) in [6.45, 7) is 5.36. The second-order valence-corrected chi connectivity index (χ2v) is 4.05. The van der Waals surface area contributed by atoms with Crippen LogP contribution in [-0.2, 0) is 0 Å². The lowest BCUT2D eigenvalue weighted by Gasteiger charge is -2.34. The van der Waals surface area contributed by atoms with E-state index in [1.807, 2.05) is 19.3 Å². The van der Waals surface area contributed by atoms with E-state index in [2.05, 4.69) is 21.8 Å². The third-order valence-corrected chi connectivity index (χ3v) is 2.86. The van der Waals surface area contributed by atoms with Crippen LogP contribution in [0.2, 0.25) is 0 Å². The lowest BCUT2D eigenvalue weighted by atomic mass is 10.0. The molecule has 0 bridgehead atoms. The molecule has 1 unspecified atom stereocenters. The van der Waals surface area contributed by atoms with Gasteiger partial charge in [-0.15, -0.1) is 0 Å². The van der Waals surface area contributed by atoms with Crippen LogP contribution >= 0.6 is 0 Å². The fourth-order valence-electron chi connectivity index (χ4n) is 1.97. The van der Waals surface area contributed by atoms with Gasteiger partial charge in [-0.2, -0.15) is 0 Å². The molecular weight excluding hydrogens is 174 g/mol. The van der Waals surface area contributed by atoms with E-state index in [0.717, 1.165) is 18.1 Å². The largest absolute Gasteiger partial charge is 0.353 e. The molecule has 1 aromatic rings. The third-order valence-electron chi connectivity index (χ3n) is 2.86. The van der Waals surface area contributed by atoms with E-state index in [0.29, 0.717) is 6.04 Å². The van der Waals surface area contributed by atoms with Crippen molar-refractivity contribution in [3.63, 3.8) is 0 Å². The topological polar surface area (TPSA) is 29.0 Å². The number of anilines is 1. The summed E-state index contributed by atoms with van der Waals surface area (Å²) in [6.07, 6.45) is 7.63. The van der Waals surface area contributed by atoms with E-state index in [4.69, 9.17) is 0 Å². The molecule has 0 aliphatic carbocycles. The zero-order valence-electron chi connectivity index (χ0n) is 8.90. The van der Waals surface area contributed by atoms with E-state index in [1.165, 1.54) is 19.3 Å². The van der Waals surface area contributed by atoms with Crippen LogP contribution in [0.3, 0.4) is 0 Å². The molecule has 0 spiro atoms. The molecule has 1 saturated heterocycles. The summed E-state index contributed by atoms with van der Waals surface area (Å²) in [5, 5.41) is 0. The van der Waals surface area contributed by atoms with Crippen molar-refractivity contribution < 1.29 is 0 Å². The first-order chi connectivity index (χ1) is 6.77. The zero-order chi connectivity index (χ0) is 9.97. The van der Waals surface area contributed by atoms with E-state index in [9.17, 15) is 0 Å². The molecule has 1 fully saturated rings. The molecule has 3 heteroatoms. The second kappa shape index (κ2) is 3.95. The Morgan fingerprint density at radius 2 is 2.14 bits per heavy atom. The molecule has 0 amide bonds. The monoisotopic (exact) mass is 191 g/mol. The predicted octanol–water partition coefficient (Wildman–Crippen LogP) is 2.16. The Balaban J connectivity index is 2.16. The van der Waals surface area contributed by atoms with Gasteiger partial charge in [-0.05, 0) is 33.1 Å². The second-order valence-electron chi connectivity index (χ2n) is 4.05. The SMILES string of the molecule is Cc1cnc(N2CCCCC2C)cn1. The average molecular weight is 191 g/mol. The predicted molar refractivity (Wildman–Crippen MR) is 57.4 cm³/mol. The number of nitrogens with zero attached hydrogens (tertiary/aromatic N) is 3. The van der Waals surface area contributed by atoms with Crippen LogP contribution in [0.15, 0.2) is 12.4 Å². The molecule has 3 nitrogen and oxygen atoms in total. The molecule has 0 radical (unpaired) electrons. The molecule has 1 aliphatic rings. The highest BCUT2D eigenvalue weighted by Gasteiger charge is 2.19. The van der Waals surface area contributed by atoms with Crippen molar-refractivity contribution in [2.45, 2.75) is 39.2 Å². The van der Waals surface area contributed by atoms with Gasteiger partial charge >= 0.3 is 0 Å². The van der Waals surface area contributed by atoms with Gasteiger partial charge in [-0.25, -0.2) is 4.98 Å². The molecule has 0 N–H and O–H groups in total. The molecule has 0 saturated carbocycles. The van der Waals surface area contributed by atoms with Gasteiger partial charge < -0.3 is 4.90 Å². The Morgan fingerprint density at radius 1 is 1.29 bits per heavy atom. The summed E-state index contributed by atoms with van der Waals surface area (Å²) in [4.78, 5) is 11.1. The number of aryl methyl sites for hydroxylation is 1. The minimum atomic E-state index is 0.612. The van der Waals surface area contributed by atoms with Gasteiger partial charge in [0.1, 0.15) is 5.82 Å². The van der Waals surface area contributed by atoms with Crippen LogP contribution in [0.5, 0.6) is 0 Å². The summed E-state index contributed by atoms with van der Waals surface area (Å²) in [6, 6.07) is 0.612. The number of piperidine rings is 1. The highest BCUT2D eigenvalue weighted by Crippen LogP contribution is 2.21. The van der Waals surface area contributed by atoms with Crippen molar-refractivity contribution in [2.24, 2.45) is 0 Å².